The molecule has 10 rings (SSSR count). The van der Waals surface area contributed by atoms with Gasteiger partial charge in [-0.2, -0.15) is 0 Å². The predicted octanol–water partition coefficient (Wildman–Crippen LogP) is 11.8. The van der Waals surface area contributed by atoms with E-state index in [9.17, 15) is 0 Å². The Bertz CT molecular complexity index is 2900. The molecule has 0 bridgehead atoms. The highest BCUT2D eigenvalue weighted by Gasteiger charge is 2.17. The summed E-state index contributed by atoms with van der Waals surface area (Å²) in [6.07, 6.45) is 0. The first-order valence-electron chi connectivity index (χ1n) is 17.0. The maximum absolute atomic E-state index is 6.49. The third kappa shape index (κ3) is 5.20. The second-order valence-electron chi connectivity index (χ2n) is 12.7. The lowest BCUT2D eigenvalue weighted by Crippen LogP contribution is -2.00. The number of aromatic nitrogens is 4. The van der Waals surface area contributed by atoms with Crippen LogP contribution in [0.1, 0.15) is 0 Å². The fourth-order valence-electron chi connectivity index (χ4n) is 6.91. The van der Waals surface area contributed by atoms with Crippen molar-refractivity contribution < 1.29 is 4.42 Å². The SMILES string of the molecule is c1ccc(-c2ccc3ccc(-c4nc(-c5ccccc5)nc(-c5ccc6ccc7ccc8nc(-c9ccccc9)oc8c7c6c5)n4)cc3c2)cc1. The van der Waals surface area contributed by atoms with Crippen molar-refractivity contribution in [2.45, 2.75) is 0 Å². The number of oxazole rings is 1. The van der Waals surface area contributed by atoms with Crippen molar-refractivity contribution in [1.82, 2.24) is 19.9 Å². The summed E-state index contributed by atoms with van der Waals surface area (Å²) in [7, 11) is 0. The molecule has 0 radical (unpaired) electrons. The van der Waals surface area contributed by atoms with Crippen LogP contribution in [0.25, 0.3) is 100 Å². The molecule has 0 saturated carbocycles. The van der Waals surface area contributed by atoms with Gasteiger partial charge in [-0.15, -0.1) is 0 Å². The molecule has 51 heavy (non-hydrogen) atoms. The van der Waals surface area contributed by atoms with E-state index in [1.165, 1.54) is 11.1 Å². The fraction of sp³-hybridized carbons (Fsp3) is 0. The molecule has 2 heterocycles. The molecule has 10 aromatic rings. The molecule has 0 amide bonds. The standard InChI is InChI=1S/C46H28N4O/c1-4-10-29(11-5-1)35-21-16-30-17-22-36(27-38(30)26-35)44-48-43(33-12-6-2-7-13-33)49-45(50-44)37-23-19-31-18-20-32-24-25-40-42(41(32)39(31)28-37)51-46(47-40)34-14-8-3-9-15-34/h1-28H. The maximum atomic E-state index is 6.49. The van der Waals surface area contributed by atoms with Crippen molar-refractivity contribution in [2.75, 3.05) is 0 Å². The molecule has 0 aliphatic heterocycles. The first-order valence-corrected chi connectivity index (χ1v) is 17.0. The minimum absolute atomic E-state index is 0.602. The third-order valence-electron chi connectivity index (χ3n) is 9.51. The van der Waals surface area contributed by atoms with E-state index < -0.39 is 0 Å². The number of benzene rings is 8. The van der Waals surface area contributed by atoms with E-state index in [2.05, 4.69) is 97.1 Å². The van der Waals surface area contributed by atoms with Crippen molar-refractivity contribution in [1.29, 1.82) is 0 Å². The molecule has 0 fully saturated rings. The normalized spacial score (nSPS) is 11.5. The van der Waals surface area contributed by atoms with Gasteiger partial charge in [0.2, 0.25) is 5.89 Å². The maximum Gasteiger partial charge on any atom is 0.227 e. The Kier molecular flexibility index (Phi) is 6.74. The lowest BCUT2D eigenvalue weighted by atomic mass is 9.99. The van der Waals surface area contributed by atoms with Crippen molar-refractivity contribution in [2.24, 2.45) is 0 Å². The Balaban J connectivity index is 1.15. The largest absolute Gasteiger partial charge is 0.435 e. The van der Waals surface area contributed by atoms with Gasteiger partial charge < -0.3 is 4.42 Å². The quantitative estimate of drug-likeness (QED) is 0.173. The number of nitrogens with zero attached hydrogens (tertiary/aromatic N) is 4. The van der Waals surface area contributed by atoms with E-state index in [0.29, 0.717) is 23.4 Å². The molecule has 8 aromatic carbocycles. The van der Waals surface area contributed by atoms with Crippen molar-refractivity contribution in [3.05, 3.63) is 170 Å². The smallest absolute Gasteiger partial charge is 0.227 e. The van der Waals surface area contributed by atoms with Gasteiger partial charge in [0, 0.05) is 27.6 Å². The molecule has 2 aromatic heterocycles. The van der Waals surface area contributed by atoms with Crippen LogP contribution in [-0.4, -0.2) is 19.9 Å². The second kappa shape index (κ2) is 11.9. The van der Waals surface area contributed by atoms with Crippen LogP contribution in [0, 0.1) is 0 Å². The molecular weight excluding hydrogens is 625 g/mol. The Labute approximate surface area is 293 Å². The first-order chi connectivity index (χ1) is 25.2. The molecule has 0 aliphatic rings. The first kappa shape index (κ1) is 29.0. The van der Waals surface area contributed by atoms with Crippen LogP contribution < -0.4 is 0 Å². The van der Waals surface area contributed by atoms with Crippen molar-refractivity contribution >= 4 is 43.4 Å². The van der Waals surface area contributed by atoms with Gasteiger partial charge in [-0.1, -0.05) is 133 Å². The van der Waals surface area contributed by atoms with Gasteiger partial charge in [-0.3, -0.25) is 0 Å². The number of hydrogen-bond donors (Lipinski definition) is 0. The van der Waals surface area contributed by atoms with Gasteiger partial charge in [0.25, 0.3) is 0 Å². The highest BCUT2D eigenvalue weighted by molar-refractivity contribution is 6.18. The van der Waals surface area contributed by atoms with Gasteiger partial charge >= 0.3 is 0 Å². The second-order valence-corrected chi connectivity index (χ2v) is 12.7. The Morgan fingerprint density at radius 1 is 0.333 bits per heavy atom. The molecule has 0 atom stereocenters. The predicted molar refractivity (Wildman–Crippen MR) is 207 cm³/mol. The lowest BCUT2D eigenvalue weighted by molar-refractivity contribution is 0.623. The third-order valence-corrected chi connectivity index (χ3v) is 9.51. The minimum Gasteiger partial charge on any atom is -0.435 e. The minimum atomic E-state index is 0.602. The van der Waals surface area contributed by atoms with Crippen LogP contribution in [0.3, 0.4) is 0 Å². The lowest BCUT2D eigenvalue weighted by Gasteiger charge is -2.11. The van der Waals surface area contributed by atoms with E-state index in [1.54, 1.807) is 0 Å². The average molecular weight is 653 g/mol. The molecule has 0 N–H and O–H groups in total. The summed E-state index contributed by atoms with van der Waals surface area (Å²) >= 11 is 0. The van der Waals surface area contributed by atoms with Crippen LogP contribution in [0.15, 0.2) is 174 Å². The van der Waals surface area contributed by atoms with Crippen LogP contribution in [0.2, 0.25) is 0 Å². The molecular formula is C46H28N4O. The van der Waals surface area contributed by atoms with E-state index in [4.69, 9.17) is 24.4 Å². The number of rotatable bonds is 5. The Morgan fingerprint density at radius 2 is 0.843 bits per heavy atom. The molecule has 0 aliphatic carbocycles. The molecule has 0 spiro atoms. The van der Waals surface area contributed by atoms with Crippen molar-refractivity contribution in [3.8, 4) is 56.7 Å². The summed E-state index contributed by atoms with van der Waals surface area (Å²) < 4.78 is 6.49. The fourth-order valence-corrected chi connectivity index (χ4v) is 6.91. The highest BCUT2D eigenvalue weighted by atomic mass is 16.3. The summed E-state index contributed by atoms with van der Waals surface area (Å²) in [5.41, 5.74) is 7.63. The highest BCUT2D eigenvalue weighted by Crippen LogP contribution is 2.37. The summed E-state index contributed by atoms with van der Waals surface area (Å²) in [6.45, 7) is 0. The Morgan fingerprint density at radius 3 is 1.55 bits per heavy atom. The Hall–Kier alpha value is -6.98. The number of hydrogen-bond acceptors (Lipinski definition) is 5. The molecule has 5 heteroatoms. The van der Waals surface area contributed by atoms with Crippen LogP contribution in [0.5, 0.6) is 0 Å². The van der Waals surface area contributed by atoms with E-state index in [1.807, 2.05) is 72.8 Å². The van der Waals surface area contributed by atoms with Gasteiger partial charge in [-0.05, 0) is 74.5 Å². The van der Waals surface area contributed by atoms with Crippen molar-refractivity contribution in [3.63, 3.8) is 0 Å². The summed E-state index contributed by atoms with van der Waals surface area (Å²) in [5.74, 6) is 2.45. The summed E-state index contributed by atoms with van der Waals surface area (Å²) in [6, 6.07) is 58.4. The molecule has 0 saturated heterocycles. The topological polar surface area (TPSA) is 64.7 Å². The average Bonchev–Trinajstić information content (AvgIpc) is 3.66. The van der Waals surface area contributed by atoms with E-state index in [0.717, 1.165) is 65.7 Å². The molecule has 0 unspecified atom stereocenters. The number of fused-ring (bicyclic) bond motifs is 6. The van der Waals surface area contributed by atoms with Crippen LogP contribution >= 0.6 is 0 Å². The molecule has 238 valence electrons. The van der Waals surface area contributed by atoms with E-state index in [-0.39, 0.29) is 0 Å². The zero-order chi connectivity index (χ0) is 33.7. The zero-order valence-corrected chi connectivity index (χ0v) is 27.4. The molecule has 5 nitrogen and oxygen atoms in total. The van der Waals surface area contributed by atoms with Gasteiger partial charge in [0.1, 0.15) is 5.52 Å². The van der Waals surface area contributed by atoms with Gasteiger partial charge in [0.05, 0.1) is 0 Å². The summed E-state index contributed by atoms with van der Waals surface area (Å²) in [4.78, 5) is 20.1. The monoisotopic (exact) mass is 652 g/mol. The van der Waals surface area contributed by atoms with E-state index >= 15 is 0 Å². The summed E-state index contributed by atoms with van der Waals surface area (Å²) in [5, 5.41) is 6.52. The zero-order valence-electron chi connectivity index (χ0n) is 27.4. The van der Waals surface area contributed by atoms with Crippen LogP contribution in [0.4, 0.5) is 0 Å². The van der Waals surface area contributed by atoms with Crippen LogP contribution in [-0.2, 0) is 0 Å². The van der Waals surface area contributed by atoms with Gasteiger partial charge in [0.15, 0.2) is 23.1 Å². The van der Waals surface area contributed by atoms with Gasteiger partial charge in [-0.25, -0.2) is 19.9 Å².